The van der Waals surface area contributed by atoms with Crippen LogP contribution in [0.3, 0.4) is 0 Å². The largest absolute Gasteiger partial charge is 0.573 e. The number of guanidine groups is 2. The van der Waals surface area contributed by atoms with Gasteiger partial charge in [0.15, 0.2) is 5.66 Å². The molecule has 0 aliphatic carbocycles. The van der Waals surface area contributed by atoms with Crippen LogP contribution >= 0.6 is 0 Å². The van der Waals surface area contributed by atoms with Crippen molar-refractivity contribution in [1.29, 1.82) is 0 Å². The van der Waals surface area contributed by atoms with E-state index in [0.717, 1.165) is 16.7 Å². The molecular formula is C19H20F3N5O2. The molecule has 10 heteroatoms. The van der Waals surface area contributed by atoms with Gasteiger partial charge < -0.3 is 16.2 Å². The number of hydroxylamine groups is 2. The fourth-order valence-electron chi connectivity index (χ4n) is 2.85. The van der Waals surface area contributed by atoms with Crippen LogP contribution in [0.2, 0.25) is 0 Å². The summed E-state index contributed by atoms with van der Waals surface area (Å²) in [7, 11) is 0. The van der Waals surface area contributed by atoms with E-state index >= 15 is 0 Å². The Labute approximate surface area is 165 Å². The third kappa shape index (κ3) is 5.17. The fourth-order valence-corrected chi connectivity index (χ4v) is 2.85. The molecule has 0 radical (unpaired) electrons. The molecule has 3 rings (SSSR count). The van der Waals surface area contributed by atoms with Crippen molar-refractivity contribution in [2.75, 3.05) is 0 Å². The Morgan fingerprint density at radius 3 is 2.34 bits per heavy atom. The average Bonchev–Trinajstić information content (AvgIpc) is 2.59. The second-order valence-electron chi connectivity index (χ2n) is 6.77. The van der Waals surface area contributed by atoms with E-state index < -0.39 is 12.0 Å². The molecule has 0 unspecified atom stereocenters. The highest BCUT2D eigenvalue weighted by Crippen LogP contribution is 2.27. The van der Waals surface area contributed by atoms with E-state index in [9.17, 15) is 13.2 Å². The molecule has 0 saturated carbocycles. The Kier molecular flexibility index (Phi) is 5.38. The number of nitrogens with zero attached hydrogens (tertiary/aromatic N) is 3. The van der Waals surface area contributed by atoms with Crippen LogP contribution in [-0.2, 0) is 11.4 Å². The van der Waals surface area contributed by atoms with Gasteiger partial charge in [0.25, 0.3) is 0 Å². The molecule has 0 amide bonds. The minimum atomic E-state index is -4.72. The first-order chi connectivity index (χ1) is 13.5. The number of ether oxygens (including phenoxy) is 1. The molecule has 7 nitrogen and oxygen atoms in total. The molecule has 0 aromatic heterocycles. The lowest BCUT2D eigenvalue weighted by Gasteiger charge is -2.36. The highest BCUT2D eigenvalue weighted by atomic mass is 19.4. The number of hydrogen-bond acceptors (Lipinski definition) is 7. The molecule has 0 spiro atoms. The summed E-state index contributed by atoms with van der Waals surface area (Å²) < 4.78 is 40.8. The summed E-state index contributed by atoms with van der Waals surface area (Å²) in [5.41, 5.74) is 13.1. The number of nitrogens with two attached hydrogens (primary N) is 2. The first-order valence-corrected chi connectivity index (χ1v) is 8.61. The number of halogens is 3. The number of rotatable bonds is 5. The topological polar surface area (TPSA) is 98.5 Å². The van der Waals surface area contributed by atoms with Gasteiger partial charge in [-0.15, -0.1) is 13.2 Å². The first-order valence-electron chi connectivity index (χ1n) is 8.61. The predicted molar refractivity (Wildman–Crippen MR) is 103 cm³/mol. The van der Waals surface area contributed by atoms with Gasteiger partial charge in [0.2, 0.25) is 11.9 Å². The Hall–Kier alpha value is -3.27. The second-order valence-corrected chi connectivity index (χ2v) is 6.77. The first kappa shape index (κ1) is 20.5. The van der Waals surface area contributed by atoms with Crippen LogP contribution in [0.15, 0.2) is 58.5 Å². The molecule has 154 valence electrons. The maximum Gasteiger partial charge on any atom is 0.573 e. The minimum Gasteiger partial charge on any atom is -0.406 e. The van der Waals surface area contributed by atoms with Gasteiger partial charge in [-0.2, -0.15) is 10.1 Å². The average molecular weight is 407 g/mol. The molecule has 4 N–H and O–H groups in total. The van der Waals surface area contributed by atoms with Crippen molar-refractivity contribution in [2.24, 2.45) is 21.5 Å². The molecule has 0 fully saturated rings. The molecule has 2 aromatic rings. The van der Waals surface area contributed by atoms with Crippen molar-refractivity contribution < 1.29 is 22.7 Å². The number of alkyl halides is 3. The number of benzene rings is 2. The van der Waals surface area contributed by atoms with E-state index in [0.29, 0.717) is 0 Å². The summed E-state index contributed by atoms with van der Waals surface area (Å²) in [5.74, 6) is -0.103. The van der Waals surface area contributed by atoms with Crippen LogP contribution < -0.4 is 16.2 Å². The van der Waals surface area contributed by atoms with E-state index in [1.165, 1.54) is 17.2 Å². The lowest BCUT2D eigenvalue weighted by atomic mass is 10.0. The van der Waals surface area contributed by atoms with Crippen LogP contribution in [0.25, 0.3) is 11.1 Å². The van der Waals surface area contributed by atoms with Gasteiger partial charge in [0, 0.05) is 0 Å². The van der Waals surface area contributed by atoms with Crippen molar-refractivity contribution in [3.8, 4) is 16.9 Å². The van der Waals surface area contributed by atoms with Crippen LogP contribution in [0.4, 0.5) is 13.2 Å². The van der Waals surface area contributed by atoms with Gasteiger partial charge in [0.1, 0.15) is 12.4 Å². The number of hydrogen-bond donors (Lipinski definition) is 2. The lowest BCUT2D eigenvalue weighted by Crippen LogP contribution is -2.53. The smallest absolute Gasteiger partial charge is 0.406 e. The molecule has 1 aliphatic heterocycles. The van der Waals surface area contributed by atoms with E-state index in [4.69, 9.17) is 16.3 Å². The molecule has 2 aromatic carbocycles. The Morgan fingerprint density at radius 2 is 1.72 bits per heavy atom. The van der Waals surface area contributed by atoms with E-state index in [-0.39, 0.29) is 24.3 Å². The summed E-state index contributed by atoms with van der Waals surface area (Å²) in [4.78, 5) is 13.9. The number of aliphatic imine (C=N–C) groups is 2. The quantitative estimate of drug-likeness (QED) is 0.792. The van der Waals surface area contributed by atoms with E-state index in [2.05, 4.69) is 14.7 Å². The minimum absolute atomic E-state index is 0.0762. The maximum absolute atomic E-state index is 12.3. The maximum atomic E-state index is 12.3. The van der Waals surface area contributed by atoms with Crippen molar-refractivity contribution in [3.63, 3.8) is 0 Å². The summed E-state index contributed by atoms with van der Waals surface area (Å²) in [6, 6.07) is 13.0. The van der Waals surface area contributed by atoms with Gasteiger partial charge in [-0.05, 0) is 48.7 Å². The van der Waals surface area contributed by atoms with Crippen LogP contribution in [0.1, 0.15) is 19.4 Å². The van der Waals surface area contributed by atoms with Crippen molar-refractivity contribution >= 4 is 11.9 Å². The summed E-state index contributed by atoms with van der Waals surface area (Å²) in [6.45, 7) is 3.74. The van der Waals surface area contributed by atoms with Gasteiger partial charge in [-0.25, -0.2) is 4.99 Å². The summed E-state index contributed by atoms with van der Waals surface area (Å²) in [5, 5.41) is 1.37. The highest BCUT2D eigenvalue weighted by molar-refractivity contribution is 5.95. The van der Waals surface area contributed by atoms with Crippen molar-refractivity contribution in [3.05, 3.63) is 54.1 Å². The molecule has 0 saturated heterocycles. The molecule has 1 aliphatic rings. The van der Waals surface area contributed by atoms with E-state index in [1.807, 2.05) is 24.3 Å². The summed E-state index contributed by atoms with van der Waals surface area (Å²) >= 11 is 0. The van der Waals surface area contributed by atoms with Crippen LogP contribution in [0, 0.1) is 0 Å². The third-order valence-electron chi connectivity index (χ3n) is 4.03. The standard InChI is InChI=1S/C19H20F3N5O2/c1-18(2)26-16(23)25-17(24)27(18)28-11-12-4-3-5-14(10-12)13-6-8-15(9-7-13)29-19(20,21)22/h3-10H,11H2,1-2H3,(H4,23,24,25,26). The molecule has 0 bridgehead atoms. The Balaban J connectivity index is 1.71. The van der Waals surface area contributed by atoms with Gasteiger partial charge >= 0.3 is 6.36 Å². The zero-order chi connectivity index (χ0) is 21.2. The van der Waals surface area contributed by atoms with Crippen molar-refractivity contribution in [1.82, 2.24) is 5.06 Å². The van der Waals surface area contributed by atoms with Crippen LogP contribution in [0.5, 0.6) is 5.75 Å². The fraction of sp³-hybridized carbons (Fsp3) is 0.263. The molecular weight excluding hydrogens is 387 g/mol. The van der Waals surface area contributed by atoms with Gasteiger partial charge in [-0.1, -0.05) is 30.3 Å². The summed E-state index contributed by atoms with van der Waals surface area (Å²) in [6.07, 6.45) is -4.72. The predicted octanol–water partition coefficient (Wildman–Crippen LogP) is 3.36. The lowest BCUT2D eigenvalue weighted by molar-refractivity contribution is -0.274. The van der Waals surface area contributed by atoms with Gasteiger partial charge in [0.05, 0.1) is 0 Å². The zero-order valence-corrected chi connectivity index (χ0v) is 15.8. The molecule has 29 heavy (non-hydrogen) atoms. The normalized spacial score (nSPS) is 16.2. The van der Waals surface area contributed by atoms with Gasteiger partial charge in [-0.3, -0.25) is 4.84 Å². The van der Waals surface area contributed by atoms with E-state index in [1.54, 1.807) is 26.0 Å². The Bertz CT molecular complexity index is 940. The monoisotopic (exact) mass is 407 g/mol. The third-order valence-corrected chi connectivity index (χ3v) is 4.03. The van der Waals surface area contributed by atoms with Crippen LogP contribution in [-0.4, -0.2) is 29.0 Å². The molecule has 0 atom stereocenters. The van der Waals surface area contributed by atoms with Crippen molar-refractivity contribution in [2.45, 2.75) is 32.5 Å². The second kappa shape index (κ2) is 7.63. The Morgan fingerprint density at radius 1 is 1.03 bits per heavy atom. The molecule has 1 heterocycles. The SMILES string of the molecule is CC1(C)N=C(N)N=C(N)N1OCc1cccc(-c2ccc(OC(F)(F)F)cc2)c1. The highest BCUT2D eigenvalue weighted by Gasteiger charge is 2.33. The zero-order valence-electron chi connectivity index (χ0n) is 15.8.